The van der Waals surface area contributed by atoms with Crippen LogP contribution in [-0.2, 0) is 12.4 Å². The van der Waals surface area contributed by atoms with Crippen molar-refractivity contribution in [2.45, 2.75) is 26.2 Å². The summed E-state index contributed by atoms with van der Waals surface area (Å²) in [5.74, 6) is 0. The third-order valence-corrected chi connectivity index (χ3v) is 2.27. The van der Waals surface area contributed by atoms with Gasteiger partial charge in [0.15, 0.2) is 0 Å². The minimum absolute atomic E-state index is 0.346. The molecule has 104 valence electrons. The molecule has 0 saturated heterocycles. The number of hydrogen-bond donors (Lipinski definition) is 0. The van der Waals surface area contributed by atoms with Gasteiger partial charge in [-0.25, -0.2) is 0 Å². The molecule has 1 aromatic carbocycles. The summed E-state index contributed by atoms with van der Waals surface area (Å²) >= 11 is 10.2. The van der Waals surface area contributed by atoms with Gasteiger partial charge in [-0.05, 0) is 12.1 Å². The molecule has 0 aromatic heterocycles. The number of hydrogen-bond acceptors (Lipinski definition) is 0. The monoisotopic (exact) mass is 312 g/mol. The van der Waals surface area contributed by atoms with Gasteiger partial charge in [0, 0.05) is 5.02 Å². The van der Waals surface area contributed by atoms with Gasteiger partial charge in [0.1, 0.15) is 0 Å². The maximum atomic E-state index is 12.3. The summed E-state index contributed by atoms with van der Waals surface area (Å²) in [4.78, 5) is 0. The van der Waals surface area contributed by atoms with Gasteiger partial charge < -0.3 is 0 Å². The molecule has 0 unspecified atom stereocenters. The Morgan fingerprint density at radius 3 is 1.28 bits per heavy atom. The largest absolute Gasteiger partial charge is 0.417 e. The van der Waals surface area contributed by atoms with E-state index in [1.807, 2.05) is 13.8 Å². The Hall–Kier alpha value is -0.620. The SMILES string of the molecule is CC.FC(F)(F)c1cc(Cl)cc(C(F)(F)F)c1Cl. The van der Waals surface area contributed by atoms with Gasteiger partial charge in [-0.1, -0.05) is 37.0 Å². The molecule has 0 amide bonds. The van der Waals surface area contributed by atoms with Crippen molar-refractivity contribution in [2.24, 2.45) is 0 Å². The van der Waals surface area contributed by atoms with Crippen molar-refractivity contribution in [1.82, 2.24) is 0 Å². The zero-order chi connectivity index (χ0) is 14.7. The van der Waals surface area contributed by atoms with Crippen LogP contribution in [0.15, 0.2) is 12.1 Å². The highest BCUT2D eigenvalue weighted by Crippen LogP contribution is 2.43. The van der Waals surface area contributed by atoms with Crippen molar-refractivity contribution in [3.8, 4) is 0 Å². The van der Waals surface area contributed by atoms with Crippen molar-refractivity contribution in [1.29, 1.82) is 0 Å². The minimum Gasteiger partial charge on any atom is -0.166 e. The maximum Gasteiger partial charge on any atom is 0.417 e. The van der Waals surface area contributed by atoms with Gasteiger partial charge in [0.2, 0.25) is 0 Å². The normalized spacial score (nSPS) is 11.9. The third kappa shape index (κ3) is 4.24. The number of benzene rings is 1. The van der Waals surface area contributed by atoms with Gasteiger partial charge in [-0.15, -0.1) is 0 Å². The van der Waals surface area contributed by atoms with Crippen LogP contribution in [0.4, 0.5) is 26.3 Å². The van der Waals surface area contributed by atoms with E-state index in [2.05, 4.69) is 0 Å². The fourth-order valence-corrected chi connectivity index (χ4v) is 1.54. The molecule has 0 N–H and O–H groups in total. The average molecular weight is 313 g/mol. The minimum atomic E-state index is -4.98. The van der Waals surface area contributed by atoms with E-state index in [9.17, 15) is 26.3 Å². The lowest BCUT2D eigenvalue weighted by Crippen LogP contribution is -2.12. The first-order valence-corrected chi connectivity index (χ1v) is 5.42. The van der Waals surface area contributed by atoms with E-state index in [0.717, 1.165) is 0 Å². The molecule has 1 aromatic rings. The summed E-state index contributed by atoms with van der Waals surface area (Å²) < 4.78 is 73.7. The van der Waals surface area contributed by atoms with E-state index in [-0.39, 0.29) is 0 Å². The molecule has 0 bridgehead atoms. The van der Waals surface area contributed by atoms with Crippen molar-refractivity contribution in [3.63, 3.8) is 0 Å². The third-order valence-electron chi connectivity index (χ3n) is 1.65. The summed E-state index contributed by atoms with van der Waals surface area (Å²) in [6.07, 6.45) is -9.97. The van der Waals surface area contributed by atoms with Crippen LogP contribution in [0.1, 0.15) is 25.0 Å². The molecule has 0 heterocycles. The van der Waals surface area contributed by atoms with Crippen LogP contribution in [0.25, 0.3) is 0 Å². The van der Waals surface area contributed by atoms with Crippen molar-refractivity contribution in [2.75, 3.05) is 0 Å². The highest BCUT2D eigenvalue weighted by molar-refractivity contribution is 6.34. The first-order valence-electron chi connectivity index (χ1n) is 4.67. The van der Waals surface area contributed by atoms with Crippen LogP contribution < -0.4 is 0 Å². The van der Waals surface area contributed by atoms with E-state index in [0.29, 0.717) is 12.1 Å². The summed E-state index contributed by atoms with van der Waals surface area (Å²) in [6.45, 7) is 4.00. The van der Waals surface area contributed by atoms with Gasteiger partial charge in [-0.2, -0.15) is 26.3 Å². The first-order chi connectivity index (χ1) is 8.03. The lowest BCUT2D eigenvalue weighted by Gasteiger charge is -2.15. The van der Waals surface area contributed by atoms with Crippen LogP contribution in [0.2, 0.25) is 10.0 Å². The number of rotatable bonds is 0. The Bertz CT molecular complexity index is 373. The Morgan fingerprint density at radius 2 is 1.06 bits per heavy atom. The Balaban J connectivity index is 0.00000137. The Morgan fingerprint density at radius 1 is 0.778 bits per heavy atom. The van der Waals surface area contributed by atoms with Crippen LogP contribution in [0.3, 0.4) is 0 Å². The van der Waals surface area contributed by atoms with Gasteiger partial charge >= 0.3 is 12.4 Å². The van der Waals surface area contributed by atoms with Gasteiger partial charge in [-0.3, -0.25) is 0 Å². The highest BCUT2D eigenvalue weighted by atomic mass is 35.5. The predicted octanol–water partition coefficient (Wildman–Crippen LogP) is 6.06. The zero-order valence-corrected chi connectivity index (χ0v) is 10.7. The molecule has 0 saturated carbocycles. The lowest BCUT2D eigenvalue weighted by atomic mass is 10.1. The topological polar surface area (TPSA) is 0 Å². The first kappa shape index (κ1) is 17.4. The molecule has 0 aliphatic carbocycles. The van der Waals surface area contributed by atoms with E-state index in [1.165, 1.54) is 0 Å². The molecule has 0 fully saturated rings. The molecule has 1 rings (SSSR count). The second-order valence-corrected chi connectivity index (χ2v) is 3.62. The molecule has 0 nitrogen and oxygen atoms in total. The average Bonchev–Trinajstić information content (AvgIpc) is 2.21. The maximum absolute atomic E-state index is 12.3. The zero-order valence-electron chi connectivity index (χ0n) is 9.18. The summed E-state index contributed by atoms with van der Waals surface area (Å²) in [5, 5.41) is -2.08. The molecule has 18 heavy (non-hydrogen) atoms. The molecule has 0 aliphatic rings. The fraction of sp³-hybridized carbons (Fsp3) is 0.400. The smallest absolute Gasteiger partial charge is 0.166 e. The molecule has 0 aliphatic heterocycles. The molecule has 0 radical (unpaired) electrons. The summed E-state index contributed by atoms with van der Waals surface area (Å²) in [5.41, 5.74) is -3.21. The second kappa shape index (κ2) is 6.02. The summed E-state index contributed by atoms with van der Waals surface area (Å²) in [6, 6.07) is 0.693. The summed E-state index contributed by atoms with van der Waals surface area (Å²) in [7, 11) is 0. The van der Waals surface area contributed by atoms with Crippen LogP contribution >= 0.6 is 23.2 Å². The van der Waals surface area contributed by atoms with Gasteiger partial charge in [0.25, 0.3) is 0 Å². The molecular weight excluding hydrogens is 305 g/mol. The highest BCUT2D eigenvalue weighted by Gasteiger charge is 2.40. The Kier molecular flexibility index (Phi) is 5.81. The molecule has 0 spiro atoms. The predicted molar refractivity (Wildman–Crippen MR) is 57.8 cm³/mol. The second-order valence-electron chi connectivity index (χ2n) is 2.81. The van der Waals surface area contributed by atoms with Crippen LogP contribution in [0, 0.1) is 0 Å². The number of halogens is 8. The van der Waals surface area contributed by atoms with Crippen LogP contribution in [0.5, 0.6) is 0 Å². The van der Waals surface area contributed by atoms with Crippen molar-refractivity contribution < 1.29 is 26.3 Å². The van der Waals surface area contributed by atoms with E-state index in [4.69, 9.17) is 23.2 Å². The Labute approximate surface area is 109 Å². The van der Waals surface area contributed by atoms with Crippen molar-refractivity contribution >= 4 is 23.2 Å². The lowest BCUT2D eigenvalue weighted by molar-refractivity contribution is -0.142. The molecule has 8 heteroatoms. The standard InChI is InChI=1S/C8H2Cl2F6.C2H6/c9-3-1-4(7(11,12)13)6(10)5(2-3)8(14,15)16;1-2/h1-2H;1-2H3. The number of alkyl halides is 6. The fourth-order valence-electron chi connectivity index (χ4n) is 1.00. The van der Waals surface area contributed by atoms with E-state index in [1.54, 1.807) is 0 Å². The van der Waals surface area contributed by atoms with E-state index >= 15 is 0 Å². The quantitative estimate of drug-likeness (QED) is 0.511. The molecule has 0 atom stereocenters. The molecular formula is C10H8Cl2F6. The van der Waals surface area contributed by atoms with Crippen molar-refractivity contribution in [3.05, 3.63) is 33.3 Å². The van der Waals surface area contributed by atoms with Crippen LogP contribution in [-0.4, -0.2) is 0 Å². The van der Waals surface area contributed by atoms with E-state index < -0.39 is 33.5 Å². The van der Waals surface area contributed by atoms with Gasteiger partial charge in [0.05, 0.1) is 16.1 Å².